The van der Waals surface area contributed by atoms with E-state index in [0.29, 0.717) is 6.04 Å². The first kappa shape index (κ1) is 13.4. The van der Waals surface area contributed by atoms with Gasteiger partial charge in [0, 0.05) is 17.8 Å². The first-order valence-corrected chi connectivity index (χ1v) is 7.33. The average Bonchev–Trinajstić information content (AvgIpc) is 2.41. The van der Waals surface area contributed by atoms with E-state index in [2.05, 4.69) is 30.9 Å². The minimum atomic E-state index is 0.499. The molecule has 1 aliphatic carbocycles. The van der Waals surface area contributed by atoms with Gasteiger partial charge >= 0.3 is 0 Å². The molecule has 0 spiro atoms. The minimum Gasteiger partial charge on any atom is -0.399 e. The molecule has 2 heteroatoms. The molecule has 0 radical (unpaired) electrons. The highest BCUT2D eigenvalue weighted by Gasteiger charge is 2.24. The van der Waals surface area contributed by atoms with Crippen LogP contribution in [0.2, 0.25) is 0 Å². The summed E-state index contributed by atoms with van der Waals surface area (Å²) >= 11 is 0. The van der Waals surface area contributed by atoms with Crippen LogP contribution in [-0.4, -0.2) is 17.5 Å². The van der Waals surface area contributed by atoms with Crippen LogP contribution in [0.5, 0.6) is 0 Å². The lowest BCUT2D eigenvalue weighted by Gasteiger charge is -2.38. The molecule has 1 saturated carbocycles. The Labute approximate surface area is 111 Å². The largest absolute Gasteiger partial charge is 0.399 e. The molecule has 1 aromatic carbocycles. The molecule has 0 bridgehead atoms. The Balaban J connectivity index is 2.08. The van der Waals surface area contributed by atoms with Crippen molar-refractivity contribution in [3.8, 4) is 0 Å². The average molecular weight is 246 g/mol. The smallest absolute Gasteiger partial charge is 0.0322 e. The molecule has 1 aromatic rings. The van der Waals surface area contributed by atoms with Gasteiger partial charge in [0.15, 0.2) is 0 Å². The third kappa shape index (κ3) is 3.05. The SMILES string of the molecule is CCN(C1CCCCC1)C(C)c1ccc(N)cc1. The number of hydrogen-bond donors (Lipinski definition) is 1. The van der Waals surface area contributed by atoms with Gasteiger partial charge in [-0.3, -0.25) is 4.90 Å². The first-order chi connectivity index (χ1) is 8.72. The van der Waals surface area contributed by atoms with Gasteiger partial charge in [-0.05, 0) is 44.0 Å². The zero-order valence-corrected chi connectivity index (χ0v) is 11.7. The third-order valence-electron chi connectivity index (χ3n) is 4.33. The van der Waals surface area contributed by atoms with E-state index in [1.165, 1.54) is 37.7 Å². The van der Waals surface area contributed by atoms with Crippen LogP contribution in [0.3, 0.4) is 0 Å². The van der Waals surface area contributed by atoms with E-state index < -0.39 is 0 Å². The Kier molecular flexibility index (Phi) is 4.65. The first-order valence-electron chi connectivity index (χ1n) is 7.33. The van der Waals surface area contributed by atoms with E-state index >= 15 is 0 Å². The molecule has 0 aliphatic heterocycles. The standard InChI is InChI=1S/C16H26N2/c1-3-18(16-7-5-4-6-8-16)13(2)14-9-11-15(17)12-10-14/h9-13,16H,3-8,17H2,1-2H3. The summed E-state index contributed by atoms with van der Waals surface area (Å²) in [6.07, 6.45) is 6.95. The molecule has 1 atom stereocenters. The van der Waals surface area contributed by atoms with Crippen molar-refractivity contribution in [3.63, 3.8) is 0 Å². The summed E-state index contributed by atoms with van der Waals surface area (Å²) in [5, 5.41) is 0. The number of nitrogen functional groups attached to an aromatic ring is 1. The summed E-state index contributed by atoms with van der Waals surface area (Å²) in [5.74, 6) is 0. The molecule has 0 saturated heterocycles. The van der Waals surface area contributed by atoms with Crippen molar-refractivity contribution in [2.75, 3.05) is 12.3 Å². The van der Waals surface area contributed by atoms with Crippen LogP contribution in [0.1, 0.15) is 57.6 Å². The van der Waals surface area contributed by atoms with Crippen molar-refractivity contribution in [3.05, 3.63) is 29.8 Å². The molecule has 1 unspecified atom stereocenters. The Morgan fingerprint density at radius 2 is 1.78 bits per heavy atom. The number of nitrogens with two attached hydrogens (primary N) is 1. The highest BCUT2D eigenvalue weighted by Crippen LogP contribution is 2.30. The third-order valence-corrected chi connectivity index (χ3v) is 4.33. The normalized spacial score (nSPS) is 19.1. The monoisotopic (exact) mass is 246 g/mol. The van der Waals surface area contributed by atoms with Crippen LogP contribution in [0, 0.1) is 0 Å². The Morgan fingerprint density at radius 3 is 2.33 bits per heavy atom. The van der Waals surface area contributed by atoms with Crippen LogP contribution >= 0.6 is 0 Å². The lowest BCUT2D eigenvalue weighted by Crippen LogP contribution is -2.38. The number of benzene rings is 1. The summed E-state index contributed by atoms with van der Waals surface area (Å²) in [6.45, 7) is 5.74. The van der Waals surface area contributed by atoms with E-state index in [-0.39, 0.29) is 0 Å². The topological polar surface area (TPSA) is 29.3 Å². The second-order valence-electron chi connectivity index (χ2n) is 5.46. The van der Waals surface area contributed by atoms with Gasteiger partial charge in [-0.1, -0.05) is 38.3 Å². The molecule has 100 valence electrons. The minimum absolute atomic E-state index is 0.499. The highest BCUT2D eigenvalue weighted by molar-refractivity contribution is 5.40. The Morgan fingerprint density at radius 1 is 1.17 bits per heavy atom. The van der Waals surface area contributed by atoms with Crippen molar-refractivity contribution in [1.82, 2.24) is 4.90 Å². The van der Waals surface area contributed by atoms with Gasteiger partial charge in [0.1, 0.15) is 0 Å². The van der Waals surface area contributed by atoms with E-state index in [4.69, 9.17) is 5.73 Å². The maximum Gasteiger partial charge on any atom is 0.0322 e. The van der Waals surface area contributed by atoms with E-state index in [9.17, 15) is 0 Å². The van der Waals surface area contributed by atoms with Crippen molar-refractivity contribution >= 4 is 5.69 Å². The molecular weight excluding hydrogens is 220 g/mol. The predicted octanol–water partition coefficient (Wildman–Crippen LogP) is 3.98. The number of anilines is 1. The maximum absolute atomic E-state index is 5.76. The number of nitrogens with zero attached hydrogens (tertiary/aromatic N) is 1. The fraction of sp³-hybridized carbons (Fsp3) is 0.625. The molecule has 1 fully saturated rings. The van der Waals surface area contributed by atoms with Gasteiger partial charge in [0.2, 0.25) is 0 Å². The summed E-state index contributed by atoms with van der Waals surface area (Å²) in [7, 11) is 0. The summed E-state index contributed by atoms with van der Waals surface area (Å²) < 4.78 is 0. The van der Waals surface area contributed by atoms with Gasteiger partial charge in [-0.2, -0.15) is 0 Å². The van der Waals surface area contributed by atoms with Crippen LogP contribution in [0.15, 0.2) is 24.3 Å². The van der Waals surface area contributed by atoms with Gasteiger partial charge < -0.3 is 5.73 Å². The molecular formula is C16H26N2. The van der Waals surface area contributed by atoms with Crippen molar-refractivity contribution in [2.45, 2.75) is 58.0 Å². The van der Waals surface area contributed by atoms with Crippen molar-refractivity contribution in [2.24, 2.45) is 0 Å². The molecule has 2 N–H and O–H groups in total. The van der Waals surface area contributed by atoms with Gasteiger partial charge in [0.05, 0.1) is 0 Å². The van der Waals surface area contributed by atoms with Crippen LogP contribution in [0.25, 0.3) is 0 Å². The molecule has 1 aliphatic rings. The Bertz CT molecular complexity index is 352. The predicted molar refractivity (Wildman–Crippen MR) is 78.5 cm³/mol. The van der Waals surface area contributed by atoms with Gasteiger partial charge in [0.25, 0.3) is 0 Å². The van der Waals surface area contributed by atoms with Crippen LogP contribution in [0.4, 0.5) is 5.69 Å². The lowest BCUT2D eigenvalue weighted by atomic mass is 9.92. The summed E-state index contributed by atoms with van der Waals surface area (Å²) in [4.78, 5) is 2.66. The lowest BCUT2D eigenvalue weighted by molar-refractivity contribution is 0.119. The van der Waals surface area contributed by atoms with Crippen molar-refractivity contribution in [1.29, 1.82) is 0 Å². The van der Waals surface area contributed by atoms with Crippen molar-refractivity contribution < 1.29 is 0 Å². The zero-order chi connectivity index (χ0) is 13.0. The Hall–Kier alpha value is -1.02. The van der Waals surface area contributed by atoms with E-state index in [1.807, 2.05) is 12.1 Å². The summed E-state index contributed by atoms with van der Waals surface area (Å²) in [5.41, 5.74) is 8.00. The molecule has 0 heterocycles. The zero-order valence-electron chi connectivity index (χ0n) is 11.7. The van der Waals surface area contributed by atoms with Gasteiger partial charge in [-0.15, -0.1) is 0 Å². The molecule has 18 heavy (non-hydrogen) atoms. The summed E-state index contributed by atoms with van der Waals surface area (Å²) in [6, 6.07) is 9.65. The molecule has 0 amide bonds. The van der Waals surface area contributed by atoms with E-state index in [0.717, 1.165) is 18.3 Å². The quantitative estimate of drug-likeness (QED) is 0.814. The highest BCUT2D eigenvalue weighted by atomic mass is 15.2. The van der Waals surface area contributed by atoms with Crippen LogP contribution < -0.4 is 5.73 Å². The van der Waals surface area contributed by atoms with Crippen LogP contribution in [-0.2, 0) is 0 Å². The fourth-order valence-corrected chi connectivity index (χ4v) is 3.23. The molecule has 2 nitrogen and oxygen atoms in total. The van der Waals surface area contributed by atoms with Gasteiger partial charge in [-0.25, -0.2) is 0 Å². The fourth-order valence-electron chi connectivity index (χ4n) is 3.23. The molecule has 0 aromatic heterocycles. The molecule has 2 rings (SSSR count). The second-order valence-corrected chi connectivity index (χ2v) is 5.46. The number of rotatable bonds is 4. The maximum atomic E-state index is 5.76. The number of hydrogen-bond acceptors (Lipinski definition) is 2. The van der Waals surface area contributed by atoms with E-state index in [1.54, 1.807) is 0 Å². The second kappa shape index (κ2) is 6.24.